The van der Waals surface area contributed by atoms with Crippen molar-refractivity contribution in [3.05, 3.63) is 60.7 Å². The highest BCUT2D eigenvalue weighted by Crippen LogP contribution is 2.19. The van der Waals surface area contributed by atoms with Crippen LogP contribution in [-0.4, -0.2) is 33.4 Å². The lowest BCUT2D eigenvalue weighted by Crippen LogP contribution is -2.00. The van der Waals surface area contributed by atoms with E-state index in [-0.39, 0.29) is 0 Å². The Hall–Kier alpha value is -0.910. The normalized spacial score (nSPS) is 8.64. The van der Waals surface area contributed by atoms with Gasteiger partial charge in [0.2, 0.25) is 9.84 Å². The quantitative estimate of drug-likeness (QED) is 0.572. The third kappa shape index (κ3) is 14.0. The minimum absolute atomic E-state index is 0.330. The van der Waals surface area contributed by atoms with E-state index in [0.29, 0.717) is 9.79 Å². The van der Waals surface area contributed by atoms with Crippen LogP contribution in [0.15, 0.2) is 70.5 Å². The molecule has 0 aliphatic carbocycles. The molecule has 0 heterocycles. The summed E-state index contributed by atoms with van der Waals surface area (Å²) < 4.78 is 24.1. The standard InChI is InChI=1S/C12H10O2S.2C2H6S.2C2H6/c13-15(14,11-7-3-1-4-8-11)12-9-5-2-6-10-12;2*1-3-2;2*1-2/h1-10H;2*1-2H3;2*1-2H3. The van der Waals surface area contributed by atoms with Gasteiger partial charge in [0.25, 0.3) is 0 Å². The molecule has 0 radical (unpaired) electrons. The zero-order valence-corrected chi connectivity index (χ0v) is 19.3. The summed E-state index contributed by atoms with van der Waals surface area (Å²) in [6.45, 7) is 8.00. The number of thioether (sulfide) groups is 2. The van der Waals surface area contributed by atoms with E-state index >= 15 is 0 Å². The summed E-state index contributed by atoms with van der Waals surface area (Å²) in [5.74, 6) is 0. The molecule has 0 saturated carbocycles. The fraction of sp³-hybridized carbons (Fsp3) is 0.400. The van der Waals surface area contributed by atoms with Crippen LogP contribution in [-0.2, 0) is 9.84 Å². The van der Waals surface area contributed by atoms with Gasteiger partial charge >= 0.3 is 0 Å². The lowest BCUT2D eigenvalue weighted by atomic mass is 10.4. The van der Waals surface area contributed by atoms with Gasteiger partial charge in [0.15, 0.2) is 0 Å². The average molecular weight is 403 g/mol. The first-order chi connectivity index (χ1) is 12.0. The maximum atomic E-state index is 12.0. The second-order valence-electron chi connectivity index (χ2n) is 3.95. The van der Waals surface area contributed by atoms with E-state index < -0.39 is 9.84 Å². The smallest absolute Gasteiger partial charge is 0.206 e. The van der Waals surface area contributed by atoms with E-state index in [9.17, 15) is 8.42 Å². The second kappa shape index (κ2) is 21.1. The monoisotopic (exact) mass is 402 g/mol. The Kier molecular flexibility index (Phi) is 24.4. The Balaban J connectivity index is -0.000000411. The predicted molar refractivity (Wildman–Crippen MR) is 120 cm³/mol. The summed E-state index contributed by atoms with van der Waals surface area (Å²) in [5.41, 5.74) is 0. The van der Waals surface area contributed by atoms with Crippen molar-refractivity contribution in [2.75, 3.05) is 25.0 Å². The number of hydrogen-bond donors (Lipinski definition) is 0. The van der Waals surface area contributed by atoms with Crippen LogP contribution in [0, 0.1) is 0 Å². The van der Waals surface area contributed by atoms with Gasteiger partial charge in [0.1, 0.15) is 0 Å². The average Bonchev–Trinajstić information content (AvgIpc) is 2.68. The zero-order chi connectivity index (χ0) is 20.1. The molecule has 2 rings (SSSR count). The summed E-state index contributed by atoms with van der Waals surface area (Å²) in [7, 11) is -3.34. The van der Waals surface area contributed by atoms with Gasteiger partial charge in [0.05, 0.1) is 9.79 Å². The first kappa shape index (κ1) is 28.9. The molecule has 5 heteroatoms. The molecule has 0 aliphatic rings. The molecule has 0 amide bonds. The van der Waals surface area contributed by atoms with Crippen LogP contribution in [0.2, 0.25) is 0 Å². The fourth-order valence-corrected chi connectivity index (χ4v) is 2.64. The Morgan fingerprint density at radius 2 is 0.760 bits per heavy atom. The fourth-order valence-electron chi connectivity index (χ4n) is 1.34. The number of sulfone groups is 1. The van der Waals surface area contributed by atoms with Gasteiger partial charge in [-0.1, -0.05) is 64.1 Å². The third-order valence-electron chi connectivity index (χ3n) is 2.11. The number of rotatable bonds is 2. The van der Waals surface area contributed by atoms with Crippen LogP contribution in [0.5, 0.6) is 0 Å². The summed E-state index contributed by atoms with van der Waals surface area (Å²) in [6.07, 6.45) is 8.17. The highest BCUT2D eigenvalue weighted by atomic mass is 32.2. The topological polar surface area (TPSA) is 34.1 Å². The van der Waals surface area contributed by atoms with Crippen LogP contribution in [0.4, 0.5) is 0 Å². The van der Waals surface area contributed by atoms with Gasteiger partial charge < -0.3 is 0 Å². The van der Waals surface area contributed by atoms with Crippen molar-refractivity contribution < 1.29 is 8.42 Å². The molecule has 0 fully saturated rings. The number of benzene rings is 2. The predicted octanol–water partition coefficient (Wildman–Crippen LogP) is 6.53. The highest BCUT2D eigenvalue weighted by molar-refractivity contribution is 7.98. The van der Waals surface area contributed by atoms with Crippen LogP contribution < -0.4 is 0 Å². The van der Waals surface area contributed by atoms with E-state index in [1.165, 1.54) is 0 Å². The first-order valence-electron chi connectivity index (χ1n) is 8.20. The van der Waals surface area contributed by atoms with Crippen molar-refractivity contribution in [1.29, 1.82) is 0 Å². The molecule has 2 nitrogen and oxygen atoms in total. The molecule has 0 spiro atoms. The van der Waals surface area contributed by atoms with Gasteiger partial charge in [-0.3, -0.25) is 0 Å². The van der Waals surface area contributed by atoms with Crippen LogP contribution in [0.1, 0.15) is 27.7 Å². The second-order valence-corrected chi connectivity index (χ2v) is 7.53. The van der Waals surface area contributed by atoms with Crippen LogP contribution >= 0.6 is 23.5 Å². The summed E-state index contributed by atoms with van der Waals surface area (Å²) >= 11 is 3.50. The van der Waals surface area contributed by atoms with Gasteiger partial charge in [-0.25, -0.2) is 8.42 Å². The Bertz CT molecular complexity index is 521. The molecule has 25 heavy (non-hydrogen) atoms. The van der Waals surface area contributed by atoms with Crippen molar-refractivity contribution in [2.45, 2.75) is 37.5 Å². The molecule has 0 N–H and O–H groups in total. The number of hydrogen-bond acceptors (Lipinski definition) is 4. The summed E-state index contributed by atoms with van der Waals surface area (Å²) in [5, 5.41) is 0. The minimum atomic E-state index is -3.34. The van der Waals surface area contributed by atoms with E-state index in [0.717, 1.165) is 0 Å². The van der Waals surface area contributed by atoms with Crippen molar-refractivity contribution in [3.63, 3.8) is 0 Å². The van der Waals surface area contributed by atoms with E-state index in [1.807, 2.05) is 52.7 Å². The lowest BCUT2D eigenvalue weighted by molar-refractivity contribution is 0.596. The van der Waals surface area contributed by atoms with E-state index in [2.05, 4.69) is 0 Å². The van der Waals surface area contributed by atoms with Gasteiger partial charge in [-0.05, 0) is 49.3 Å². The molecule has 0 aromatic heterocycles. The highest BCUT2D eigenvalue weighted by Gasteiger charge is 2.15. The molecule has 0 unspecified atom stereocenters. The summed E-state index contributed by atoms with van der Waals surface area (Å²) in [6, 6.07) is 16.9. The van der Waals surface area contributed by atoms with Crippen molar-refractivity contribution in [1.82, 2.24) is 0 Å². The molecule has 2 aromatic carbocycles. The van der Waals surface area contributed by atoms with Crippen molar-refractivity contribution in [3.8, 4) is 0 Å². The van der Waals surface area contributed by atoms with E-state index in [1.54, 1.807) is 84.2 Å². The van der Waals surface area contributed by atoms with Crippen molar-refractivity contribution >= 4 is 33.4 Å². The molecule has 0 atom stereocenters. The third-order valence-corrected chi connectivity index (χ3v) is 3.89. The molecule has 0 bridgehead atoms. The lowest BCUT2D eigenvalue weighted by Gasteiger charge is -2.03. The molecular formula is C20H34O2S3. The Morgan fingerprint density at radius 1 is 0.560 bits per heavy atom. The minimum Gasteiger partial charge on any atom is -0.219 e. The maximum absolute atomic E-state index is 12.0. The molecule has 2 aromatic rings. The van der Waals surface area contributed by atoms with Gasteiger partial charge in [-0.15, -0.1) is 0 Å². The zero-order valence-electron chi connectivity index (χ0n) is 16.8. The van der Waals surface area contributed by atoms with Gasteiger partial charge in [0, 0.05) is 0 Å². The Morgan fingerprint density at radius 3 is 0.960 bits per heavy atom. The maximum Gasteiger partial charge on any atom is 0.206 e. The van der Waals surface area contributed by atoms with Crippen LogP contribution in [0.3, 0.4) is 0 Å². The molecule has 0 aliphatic heterocycles. The van der Waals surface area contributed by atoms with Crippen LogP contribution in [0.25, 0.3) is 0 Å². The summed E-state index contributed by atoms with van der Waals surface area (Å²) in [4.78, 5) is 0.660. The largest absolute Gasteiger partial charge is 0.219 e. The molecule has 0 saturated heterocycles. The van der Waals surface area contributed by atoms with Crippen molar-refractivity contribution in [2.24, 2.45) is 0 Å². The molecule has 144 valence electrons. The van der Waals surface area contributed by atoms with E-state index in [4.69, 9.17) is 0 Å². The van der Waals surface area contributed by atoms with Gasteiger partial charge in [-0.2, -0.15) is 23.5 Å². The Labute approximate surface area is 164 Å². The SMILES string of the molecule is CC.CC.CSC.CSC.O=S(=O)(c1ccccc1)c1ccccc1. The first-order valence-corrected chi connectivity index (χ1v) is 12.9. The molecular weight excluding hydrogens is 368 g/mol.